The van der Waals surface area contributed by atoms with E-state index in [0.717, 1.165) is 146 Å². The average Bonchev–Trinajstić information content (AvgIpc) is 1.53. The second-order valence-electron chi connectivity index (χ2n) is 47.2. The topological polar surface area (TPSA) is 120 Å². The van der Waals surface area contributed by atoms with Crippen molar-refractivity contribution in [3.8, 4) is 0 Å². The average molecular weight is 1610 g/mol. The number of Topliss-reactive ketones (excluding diaryl/α,β-unsaturated/α-hetero) is 4. The smallest absolute Gasteiger partial charge is 0.137 e. The molecule has 8 nitrogen and oxygen atoms in total. The Balaban J connectivity index is 0.000000129. The Morgan fingerprint density at radius 2 is 0.678 bits per heavy atom. The molecule has 4 heterocycles. The van der Waals surface area contributed by atoms with E-state index in [2.05, 4.69) is 190 Å². The Hall–Kier alpha value is -7.08. The molecule has 9 aliphatic carbocycles. The van der Waals surface area contributed by atoms with Gasteiger partial charge in [0.2, 0.25) is 0 Å². The van der Waals surface area contributed by atoms with Gasteiger partial charge in [0.25, 0.3) is 0 Å². The number of benzene rings is 4. The first-order chi connectivity index (χ1) is 54.9. The Bertz CT molecular complexity index is 4940. The van der Waals surface area contributed by atoms with Crippen LogP contribution in [0.25, 0.3) is 43.6 Å². The second-order valence-corrected chi connectivity index (χ2v) is 47.2. The van der Waals surface area contributed by atoms with Crippen LogP contribution in [0, 0.1) is 130 Å². The van der Waals surface area contributed by atoms with Crippen LogP contribution < -0.4 is 0 Å². The quantitative estimate of drug-likeness (QED) is 0.0931. The Labute approximate surface area is 703 Å². The standard InChI is InChI=1S/2C27H36FNO.C26H32FNO.C26H34FNO/c2*1-17(24(30)16-25(2,3)4)18-12-26(5)14-19(15-27(26,6)13-18)21-9-10-29-23-8-7-20(28)11-22(21)23;1-24(2,3)14-23(29)21-13-26(21)12-17-9-16(11-25(17,4)15-26)19-7-8-28-22-6-5-18(27)10-20(19)22;1-24(2,3)16-20(29)10-17-12-25(4)14-18(15-26(25,5)13-17)21-8-9-28-23-7-6-19(27)11-22(21)23/h2*7-11,17-19H,12-16H2,1-6H3;5-8,10,16-17,21H,9,11-15H2,1-4H3;6-9,11,17-18H,10,12-16H2,1-5H3/t2*17?,18?,19?,26-,27+;16-,17-,21?,25+,26?;17?,18?,25-,26+/m..0./s1. The zero-order valence-corrected chi connectivity index (χ0v) is 75.4. The molecule has 4 aromatic heterocycles. The third-order valence-corrected chi connectivity index (χ3v) is 32.6. The highest BCUT2D eigenvalue weighted by Gasteiger charge is 2.68. The fourth-order valence-electron chi connectivity index (χ4n) is 26.6. The third-order valence-electron chi connectivity index (χ3n) is 32.6. The van der Waals surface area contributed by atoms with Crippen LogP contribution in [0.2, 0.25) is 0 Å². The van der Waals surface area contributed by atoms with E-state index in [4.69, 9.17) is 0 Å². The number of ketones is 4. The van der Waals surface area contributed by atoms with Crippen molar-refractivity contribution < 1.29 is 36.7 Å². The molecule has 19 atom stereocenters. The number of fused-ring (bicyclic) bond motifs is 8. The van der Waals surface area contributed by atoms with Gasteiger partial charge in [0, 0.05) is 96.2 Å². The fourth-order valence-corrected chi connectivity index (χ4v) is 26.6. The van der Waals surface area contributed by atoms with Gasteiger partial charge in [0.15, 0.2) is 0 Å². The van der Waals surface area contributed by atoms with Gasteiger partial charge in [-0.15, -0.1) is 0 Å². The zero-order chi connectivity index (χ0) is 85.4. The summed E-state index contributed by atoms with van der Waals surface area (Å²) in [5, 5.41) is 3.85. The minimum atomic E-state index is -0.196. The summed E-state index contributed by atoms with van der Waals surface area (Å²) in [6.45, 7) is 47.1. The lowest BCUT2D eigenvalue weighted by Crippen LogP contribution is -2.25. The van der Waals surface area contributed by atoms with Crippen molar-refractivity contribution in [3.63, 3.8) is 0 Å². The van der Waals surface area contributed by atoms with E-state index in [1.807, 2.05) is 24.8 Å². The Morgan fingerprint density at radius 1 is 0.373 bits per heavy atom. The number of carbonyl (C=O) groups excluding carboxylic acids is 4. The normalized spacial score (nSPS) is 33.1. The van der Waals surface area contributed by atoms with Gasteiger partial charge in [0.1, 0.15) is 46.4 Å². The monoisotopic (exact) mass is 1610 g/mol. The number of aromatic nitrogens is 4. The van der Waals surface area contributed by atoms with Gasteiger partial charge in [-0.2, -0.15) is 0 Å². The molecule has 9 saturated carbocycles. The summed E-state index contributed by atoms with van der Waals surface area (Å²) < 4.78 is 55.7. The van der Waals surface area contributed by atoms with Gasteiger partial charge in [0.05, 0.1) is 22.1 Å². The number of halogens is 4. The molecule has 0 radical (unpaired) electrons. The molecular formula is C106H138F4N4O4. The lowest BCUT2D eigenvalue weighted by molar-refractivity contribution is -0.126. The van der Waals surface area contributed by atoms with Crippen LogP contribution >= 0.6 is 0 Å². The third kappa shape index (κ3) is 17.8. The minimum absolute atomic E-state index is 0.0520. The molecule has 10 unspecified atom stereocenters. The molecule has 1 spiro atoms. The molecular weight excluding hydrogens is 1470 g/mol. The molecule has 0 aliphatic heterocycles. The van der Waals surface area contributed by atoms with Crippen LogP contribution in [0.15, 0.2) is 122 Å². The summed E-state index contributed by atoms with van der Waals surface area (Å²) in [4.78, 5) is 68.9. The first-order valence-corrected chi connectivity index (χ1v) is 45.2. The van der Waals surface area contributed by atoms with Crippen molar-refractivity contribution in [1.29, 1.82) is 0 Å². The fraction of sp³-hybridized carbons (Fsp3) is 0.623. The molecule has 0 amide bonds. The van der Waals surface area contributed by atoms with Gasteiger partial charge >= 0.3 is 0 Å². The maximum absolute atomic E-state index is 14.0. The molecule has 0 saturated heterocycles. The van der Waals surface area contributed by atoms with Gasteiger partial charge < -0.3 is 0 Å². The van der Waals surface area contributed by atoms with Crippen LogP contribution in [-0.4, -0.2) is 43.1 Å². The van der Waals surface area contributed by atoms with E-state index in [1.54, 1.807) is 48.5 Å². The van der Waals surface area contributed by atoms with Crippen LogP contribution in [0.5, 0.6) is 0 Å². The van der Waals surface area contributed by atoms with Crippen molar-refractivity contribution in [2.24, 2.45) is 106 Å². The molecule has 8 aromatic rings. The van der Waals surface area contributed by atoms with E-state index >= 15 is 0 Å². The molecule has 0 bridgehead atoms. The van der Waals surface area contributed by atoms with E-state index in [9.17, 15) is 36.7 Å². The Kier molecular flexibility index (Phi) is 23.2. The highest BCUT2D eigenvalue weighted by Crippen LogP contribution is 2.76. The summed E-state index contributed by atoms with van der Waals surface area (Å²) in [6.07, 6.45) is 30.1. The zero-order valence-electron chi connectivity index (χ0n) is 75.4. The molecule has 17 rings (SSSR count). The van der Waals surface area contributed by atoms with Gasteiger partial charge in [-0.25, -0.2) is 17.6 Å². The molecule has 634 valence electrons. The number of carbonyl (C=O) groups is 4. The number of hydrogen-bond donors (Lipinski definition) is 0. The number of rotatable bonds is 15. The van der Waals surface area contributed by atoms with E-state index < -0.39 is 0 Å². The van der Waals surface area contributed by atoms with Crippen LogP contribution in [0.4, 0.5) is 17.6 Å². The summed E-state index contributed by atoms with van der Waals surface area (Å²) >= 11 is 0. The Morgan fingerprint density at radius 3 is 0.983 bits per heavy atom. The maximum atomic E-state index is 14.0. The second kappa shape index (κ2) is 31.4. The molecule has 118 heavy (non-hydrogen) atoms. The first kappa shape index (κ1) is 87.3. The van der Waals surface area contributed by atoms with Gasteiger partial charge in [-0.1, -0.05) is 145 Å². The maximum Gasteiger partial charge on any atom is 0.137 e. The highest BCUT2D eigenvalue weighted by molar-refractivity contribution is 5.88. The van der Waals surface area contributed by atoms with Crippen molar-refractivity contribution in [2.45, 2.75) is 310 Å². The van der Waals surface area contributed by atoms with Crippen molar-refractivity contribution in [2.75, 3.05) is 0 Å². The lowest BCUT2D eigenvalue weighted by atomic mass is 9.71. The summed E-state index contributed by atoms with van der Waals surface area (Å²) in [5.74, 6) is 5.45. The lowest BCUT2D eigenvalue weighted by Gasteiger charge is -2.34. The van der Waals surface area contributed by atoms with Crippen molar-refractivity contribution in [1.82, 2.24) is 19.9 Å². The van der Waals surface area contributed by atoms with Crippen LogP contribution in [-0.2, 0) is 19.2 Å². The minimum Gasteiger partial charge on any atom is -0.300 e. The van der Waals surface area contributed by atoms with Crippen molar-refractivity contribution >= 4 is 66.7 Å². The molecule has 4 aromatic carbocycles. The summed E-state index contributed by atoms with van der Waals surface area (Å²) in [5.41, 5.74) is 10.7. The van der Waals surface area contributed by atoms with E-state index in [1.165, 1.54) is 59.4 Å². The number of hydrogen-bond acceptors (Lipinski definition) is 8. The summed E-state index contributed by atoms with van der Waals surface area (Å²) in [6, 6.07) is 28.1. The van der Waals surface area contributed by atoms with Crippen LogP contribution in [0.1, 0.15) is 333 Å². The summed E-state index contributed by atoms with van der Waals surface area (Å²) in [7, 11) is 0. The SMILES string of the molecule is CC(C(=O)CC(C)(C)C)C1C[C@]2(C)CC(c3ccnc4ccc(F)cc34)C[C@]2(C)C1.CC(C(=O)CC(C)(C)C)C1C[C@]2(C)CC(c3ccnc4ccc(F)cc34)C[C@]2(C)C1.CC(C)(C)CC(=O)C1CC12C[C@@H]1C[C@H](c3ccnc4ccc(F)cc34)C[C@]1(C)C2.CC(C)(C)CC(=O)CC1C[C@@]2(C)CC(c3ccnc4ccc(F)cc34)C[C@@]2(C)C1. The molecule has 9 fully saturated rings. The predicted molar refractivity (Wildman–Crippen MR) is 472 cm³/mol. The van der Waals surface area contributed by atoms with E-state index in [-0.39, 0.29) is 89.3 Å². The first-order valence-electron chi connectivity index (χ1n) is 45.2. The van der Waals surface area contributed by atoms with Crippen LogP contribution in [0.3, 0.4) is 0 Å². The largest absolute Gasteiger partial charge is 0.300 e. The number of pyridine rings is 4. The number of nitrogens with zero attached hydrogens (tertiary/aromatic N) is 4. The molecule has 9 aliphatic rings. The molecule has 0 N–H and O–H groups in total. The van der Waals surface area contributed by atoms with Gasteiger partial charge in [-0.3, -0.25) is 39.1 Å². The van der Waals surface area contributed by atoms with E-state index in [0.29, 0.717) is 113 Å². The molecule has 12 heteroatoms. The highest BCUT2D eigenvalue weighted by atomic mass is 19.1. The van der Waals surface area contributed by atoms with Crippen molar-refractivity contribution in [3.05, 3.63) is 167 Å². The van der Waals surface area contributed by atoms with Gasteiger partial charge in [-0.05, 0) is 341 Å². The predicted octanol–water partition coefficient (Wildman–Crippen LogP) is 28.4.